The van der Waals surface area contributed by atoms with E-state index in [1.807, 2.05) is 0 Å². The quantitative estimate of drug-likeness (QED) is 0.784. The summed E-state index contributed by atoms with van der Waals surface area (Å²) in [4.78, 5) is 14.3. The third-order valence-corrected chi connectivity index (χ3v) is 4.51. The summed E-state index contributed by atoms with van der Waals surface area (Å²) in [5, 5.41) is 3.78. The second kappa shape index (κ2) is 7.41. The van der Waals surface area contributed by atoms with Gasteiger partial charge in [-0.25, -0.2) is 0 Å². The number of hydrogen-bond acceptors (Lipinski definition) is 4. The highest BCUT2D eigenvalue weighted by molar-refractivity contribution is 5.72. The third-order valence-electron chi connectivity index (χ3n) is 4.51. The third kappa shape index (κ3) is 4.45. The van der Waals surface area contributed by atoms with Crippen LogP contribution in [0.3, 0.4) is 0 Å². The summed E-state index contributed by atoms with van der Waals surface area (Å²) in [5.41, 5.74) is 0. The maximum atomic E-state index is 11.9. The number of carbonyl (C=O) groups is 1. The first-order valence-electron chi connectivity index (χ1n) is 8.14. The van der Waals surface area contributed by atoms with Crippen molar-refractivity contribution in [1.29, 1.82) is 0 Å². The summed E-state index contributed by atoms with van der Waals surface area (Å²) < 4.78 is 4.97. The molecule has 0 amide bonds. The van der Waals surface area contributed by atoms with Gasteiger partial charge < -0.3 is 15.0 Å². The van der Waals surface area contributed by atoms with Gasteiger partial charge in [-0.3, -0.25) is 4.79 Å². The lowest BCUT2D eigenvalue weighted by Crippen LogP contribution is -2.53. The number of hydrogen-bond donors (Lipinski definition) is 1. The van der Waals surface area contributed by atoms with Crippen molar-refractivity contribution in [3.8, 4) is 0 Å². The number of esters is 1. The molecule has 4 nitrogen and oxygen atoms in total. The SMILES string of the molecule is COC(=O)C1CC(NC2CCCC2)CN(CC(C)C)C1. The van der Waals surface area contributed by atoms with Crippen molar-refractivity contribution in [2.75, 3.05) is 26.7 Å². The van der Waals surface area contributed by atoms with Gasteiger partial charge in [-0.2, -0.15) is 0 Å². The highest BCUT2D eigenvalue weighted by Crippen LogP contribution is 2.23. The molecule has 116 valence electrons. The molecule has 1 saturated heterocycles. The molecular weight excluding hydrogens is 252 g/mol. The van der Waals surface area contributed by atoms with Crippen LogP contribution >= 0.6 is 0 Å². The van der Waals surface area contributed by atoms with E-state index < -0.39 is 0 Å². The first kappa shape index (κ1) is 15.8. The van der Waals surface area contributed by atoms with Gasteiger partial charge in [0.15, 0.2) is 0 Å². The van der Waals surface area contributed by atoms with E-state index in [-0.39, 0.29) is 11.9 Å². The Bertz CT molecular complexity index is 314. The molecule has 2 unspecified atom stereocenters. The van der Waals surface area contributed by atoms with E-state index in [1.165, 1.54) is 32.8 Å². The lowest BCUT2D eigenvalue weighted by molar-refractivity contribution is -0.147. The summed E-state index contributed by atoms with van der Waals surface area (Å²) in [5.74, 6) is 0.626. The van der Waals surface area contributed by atoms with Crippen LogP contribution in [0, 0.1) is 11.8 Å². The van der Waals surface area contributed by atoms with E-state index in [0.29, 0.717) is 18.0 Å². The van der Waals surface area contributed by atoms with Crippen LogP contribution in [0.25, 0.3) is 0 Å². The van der Waals surface area contributed by atoms with E-state index >= 15 is 0 Å². The molecule has 0 spiro atoms. The van der Waals surface area contributed by atoms with Crippen molar-refractivity contribution in [2.45, 2.75) is 58.0 Å². The summed E-state index contributed by atoms with van der Waals surface area (Å²) >= 11 is 0. The normalized spacial score (nSPS) is 29.0. The molecule has 2 rings (SSSR count). The predicted octanol–water partition coefficient (Wildman–Crippen LogP) is 2.04. The Morgan fingerprint density at radius 1 is 1.25 bits per heavy atom. The van der Waals surface area contributed by atoms with Crippen LogP contribution < -0.4 is 5.32 Å². The van der Waals surface area contributed by atoms with Crippen LogP contribution in [0.15, 0.2) is 0 Å². The topological polar surface area (TPSA) is 41.6 Å². The second-order valence-electron chi connectivity index (χ2n) is 6.91. The zero-order valence-corrected chi connectivity index (χ0v) is 13.2. The highest BCUT2D eigenvalue weighted by Gasteiger charge is 2.33. The Hall–Kier alpha value is -0.610. The number of ether oxygens (including phenoxy) is 1. The molecule has 2 atom stereocenters. The van der Waals surface area contributed by atoms with Gasteiger partial charge in [-0.15, -0.1) is 0 Å². The first-order valence-corrected chi connectivity index (χ1v) is 8.14. The molecule has 1 saturated carbocycles. The van der Waals surface area contributed by atoms with Crippen molar-refractivity contribution in [3.63, 3.8) is 0 Å². The Labute approximate surface area is 123 Å². The predicted molar refractivity (Wildman–Crippen MR) is 80.6 cm³/mol. The van der Waals surface area contributed by atoms with Gasteiger partial charge in [0, 0.05) is 31.7 Å². The van der Waals surface area contributed by atoms with Crippen molar-refractivity contribution >= 4 is 5.97 Å². The molecule has 0 bridgehead atoms. The fraction of sp³-hybridized carbons (Fsp3) is 0.938. The molecule has 2 aliphatic rings. The van der Waals surface area contributed by atoms with Gasteiger partial charge in [0.1, 0.15) is 0 Å². The molecule has 20 heavy (non-hydrogen) atoms. The Morgan fingerprint density at radius 3 is 2.55 bits per heavy atom. The lowest BCUT2D eigenvalue weighted by atomic mass is 9.93. The number of nitrogens with zero attached hydrogens (tertiary/aromatic N) is 1. The molecule has 0 radical (unpaired) electrons. The van der Waals surface area contributed by atoms with Gasteiger partial charge in [-0.05, 0) is 25.2 Å². The minimum absolute atomic E-state index is 0.0337. The second-order valence-corrected chi connectivity index (χ2v) is 6.91. The maximum Gasteiger partial charge on any atom is 0.310 e. The van der Waals surface area contributed by atoms with Crippen LogP contribution in [-0.4, -0.2) is 49.7 Å². The zero-order chi connectivity index (χ0) is 14.5. The average Bonchev–Trinajstić information content (AvgIpc) is 2.89. The standard InChI is InChI=1S/C16H30N2O2/c1-12(2)9-18-10-13(16(19)20-3)8-15(11-18)17-14-6-4-5-7-14/h12-15,17H,4-11H2,1-3H3. The zero-order valence-electron chi connectivity index (χ0n) is 13.2. The summed E-state index contributed by atoms with van der Waals surface area (Å²) in [7, 11) is 1.50. The minimum atomic E-state index is -0.0447. The summed E-state index contributed by atoms with van der Waals surface area (Å²) in [6.45, 7) is 7.47. The molecule has 1 heterocycles. The van der Waals surface area contributed by atoms with E-state index in [9.17, 15) is 4.79 Å². The van der Waals surface area contributed by atoms with Crippen molar-refractivity contribution in [2.24, 2.45) is 11.8 Å². The number of piperidine rings is 1. The van der Waals surface area contributed by atoms with Gasteiger partial charge in [0.2, 0.25) is 0 Å². The monoisotopic (exact) mass is 282 g/mol. The van der Waals surface area contributed by atoms with Crippen molar-refractivity contribution in [3.05, 3.63) is 0 Å². The molecule has 4 heteroatoms. The van der Waals surface area contributed by atoms with Gasteiger partial charge in [-0.1, -0.05) is 26.7 Å². The van der Waals surface area contributed by atoms with E-state index in [2.05, 4.69) is 24.1 Å². The fourth-order valence-corrected chi connectivity index (χ4v) is 3.74. The van der Waals surface area contributed by atoms with Gasteiger partial charge in [0.25, 0.3) is 0 Å². The largest absolute Gasteiger partial charge is 0.469 e. The fourth-order valence-electron chi connectivity index (χ4n) is 3.74. The number of likely N-dealkylation sites (tertiary alicyclic amines) is 1. The molecule has 1 N–H and O–H groups in total. The Balaban J connectivity index is 1.93. The summed E-state index contributed by atoms with van der Waals surface area (Å²) in [6.07, 6.45) is 6.21. The first-order chi connectivity index (χ1) is 9.58. The van der Waals surface area contributed by atoms with Crippen LogP contribution in [0.1, 0.15) is 46.0 Å². The van der Waals surface area contributed by atoms with Crippen molar-refractivity contribution in [1.82, 2.24) is 10.2 Å². The molecule has 1 aliphatic carbocycles. The van der Waals surface area contributed by atoms with Gasteiger partial charge in [0.05, 0.1) is 13.0 Å². The maximum absolute atomic E-state index is 11.9. The van der Waals surface area contributed by atoms with Crippen molar-refractivity contribution < 1.29 is 9.53 Å². The number of rotatable bonds is 5. The smallest absolute Gasteiger partial charge is 0.310 e. The van der Waals surface area contributed by atoms with Gasteiger partial charge >= 0.3 is 5.97 Å². The van der Waals surface area contributed by atoms with Crippen LogP contribution in [0.2, 0.25) is 0 Å². The Kier molecular flexibility index (Phi) is 5.85. The van der Waals surface area contributed by atoms with E-state index in [0.717, 1.165) is 26.1 Å². The molecule has 2 fully saturated rings. The van der Waals surface area contributed by atoms with Crippen LogP contribution in [-0.2, 0) is 9.53 Å². The highest BCUT2D eigenvalue weighted by atomic mass is 16.5. The molecule has 0 aromatic heterocycles. The number of nitrogens with one attached hydrogen (secondary N) is 1. The van der Waals surface area contributed by atoms with E-state index in [4.69, 9.17) is 4.74 Å². The average molecular weight is 282 g/mol. The molecule has 1 aliphatic heterocycles. The van der Waals surface area contributed by atoms with Crippen LogP contribution in [0.5, 0.6) is 0 Å². The molecular formula is C16H30N2O2. The minimum Gasteiger partial charge on any atom is -0.469 e. The number of methoxy groups -OCH3 is 1. The Morgan fingerprint density at radius 2 is 1.95 bits per heavy atom. The molecule has 0 aromatic carbocycles. The molecule has 0 aromatic rings. The lowest BCUT2D eigenvalue weighted by Gasteiger charge is -2.39. The van der Waals surface area contributed by atoms with Crippen LogP contribution in [0.4, 0.5) is 0 Å². The number of carbonyl (C=O) groups excluding carboxylic acids is 1. The van der Waals surface area contributed by atoms with E-state index in [1.54, 1.807) is 0 Å². The summed E-state index contributed by atoms with van der Waals surface area (Å²) in [6, 6.07) is 1.10.